The normalized spacial score (nSPS) is 10.5. The number of rotatable bonds is 11. The van der Waals surface area contributed by atoms with E-state index in [4.69, 9.17) is 9.47 Å². The molecule has 0 aliphatic rings. The first-order chi connectivity index (χ1) is 14.2. The Balaban J connectivity index is 2.74. The van der Waals surface area contributed by atoms with Crippen molar-refractivity contribution in [2.24, 2.45) is 0 Å². The van der Waals surface area contributed by atoms with E-state index in [-0.39, 0.29) is 39.3 Å². The first-order valence-electron chi connectivity index (χ1n) is 9.33. The Morgan fingerprint density at radius 2 is 1.83 bits per heavy atom. The monoisotopic (exact) mass is 420 g/mol. The molecular weight excluding hydrogens is 392 g/mol. The fourth-order valence-electron chi connectivity index (χ4n) is 2.25. The number of alkyl carbamates (subject to hydrolysis) is 1. The van der Waals surface area contributed by atoms with Gasteiger partial charge in [-0.2, -0.15) is 0 Å². The van der Waals surface area contributed by atoms with Crippen LogP contribution in [0.5, 0.6) is 0 Å². The number of ether oxygens (including phenoxy) is 3. The molecule has 0 bridgehead atoms. The Kier molecular flexibility index (Phi) is 10.1. The third-order valence-electron chi connectivity index (χ3n) is 3.55. The lowest BCUT2D eigenvalue weighted by Crippen LogP contribution is -2.38. The Bertz CT molecular complexity index is 739. The average Bonchev–Trinajstić information content (AvgIpc) is 2.68. The zero-order chi connectivity index (χ0) is 22.6. The third kappa shape index (κ3) is 9.72. The van der Waals surface area contributed by atoms with Gasteiger partial charge in [0.1, 0.15) is 25.4 Å². The number of benzene rings is 1. The summed E-state index contributed by atoms with van der Waals surface area (Å²) in [6, 6.07) is 6.52. The van der Waals surface area contributed by atoms with Gasteiger partial charge in [0, 0.05) is 12.1 Å². The summed E-state index contributed by atoms with van der Waals surface area (Å²) in [4.78, 5) is 47.9. The molecule has 0 aliphatic heterocycles. The average molecular weight is 420 g/mol. The summed E-state index contributed by atoms with van der Waals surface area (Å²) >= 11 is 0. The smallest absolute Gasteiger partial charge is 0.407 e. The highest BCUT2D eigenvalue weighted by Gasteiger charge is 2.20. The predicted octanol–water partition coefficient (Wildman–Crippen LogP) is 2.06. The van der Waals surface area contributed by atoms with Crippen molar-refractivity contribution in [3.8, 4) is 0 Å². The first-order valence-corrected chi connectivity index (χ1v) is 9.33. The van der Waals surface area contributed by atoms with Crippen molar-refractivity contribution >= 4 is 24.4 Å². The van der Waals surface area contributed by atoms with E-state index in [1.165, 1.54) is 11.0 Å². The molecule has 0 saturated heterocycles. The minimum absolute atomic E-state index is 0.0305. The van der Waals surface area contributed by atoms with Crippen molar-refractivity contribution in [1.82, 2.24) is 10.2 Å². The summed E-state index contributed by atoms with van der Waals surface area (Å²) in [5.74, 6) is -1.03. The van der Waals surface area contributed by atoms with E-state index >= 15 is 0 Å². The maximum atomic E-state index is 12.7. The van der Waals surface area contributed by atoms with E-state index in [9.17, 15) is 19.2 Å². The van der Waals surface area contributed by atoms with E-state index in [2.05, 4.69) is 16.6 Å². The summed E-state index contributed by atoms with van der Waals surface area (Å²) < 4.78 is 14.7. The zero-order valence-electron chi connectivity index (χ0n) is 17.5. The zero-order valence-corrected chi connectivity index (χ0v) is 17.5. The van der Waals surface area contributed by atoms with Crippen LogP contribution >= 0.6 is 0 Å². The largest absolute Gasteiger partial charge is 0.466 e. The van der Waals surface area contributed by atoms with Crippen molar-refractivity contribution in [2.75, 3.05) is 26.3 Å². The van der Waals surface area contributed by atoms with Gasteiger partial charge in [0.15, 0.2) is 0 Å². The summed E-state index contributed by atoms with van der Waals surface area (Å²) in [6.07, 6.45) is 0.880. The fourth-order valence-corrected chi connectivity index (χ4v) is 2.25. The molecule has 1 aromatic rings. The van der Waals surface area contributed by atoms with Gasteiger partial charge in [-0.3, -0.25) is 14.4 Å². The van der Waals surface area contributed by atoms with Gasteiger partial charge in [-0.25, -0.2) is 4.79 Å². The molecule has 164 valence electrons. The van der Waals surface area contributed by atoms with Crippen molar-refractivity contribution < 1.29 is 33.4 Å². The lowest BCUT2D eigenvalue weighted by Gasteiger charge is -2.21. The maximum Gasteiger partial charge on any atom is 0.407 e. The lowest BCUT2D eigenvalue weighted by atomic mass is 10.1. The summed E-state index contributed by atoms with van der Waals surface area (Å²) in [7, 11) is 0. The van der Waals surface area contributed by atoms with E-state index in [0.717, 1.165) is 5.56 Å². The van der Waals surface area contributed by atoms with Crippen LogP contribution in [0.15, 0.2) is 36.9 Å². The van der Waals surface area contributed by atoms with Crippen LogP contribution in [0, 0.1) is 0 Å². The Morgan fingerprint density at radius 1 is 1.17 bits per heavy atom. The molecule has 0 aromatic heterocycles. The van der Waals surface area contributed by atoms with Crippen molar-refractivity contribution in [2.45, 2.75) is 32.9 Å². The van der Waals surface area contributed by atoms with Gasteiger partial charge < -0.3 is 24.4 Å². The molecule has 0 fully saturated rings. The highest BCUT2D eigenvalue weighted by atomic mass is 16.6. The molecule has 0 saturated carbocycles. The number of nitrogens with zero attached hydrogens (tertiary/aromatic N) is 1. The maximum absolute atomic E-state index is 12.7. The molecule has 1 aromatic carbocycles. The van der Waals surface area contributed by atoms with Gasteiger partial charge >= 0.3 is 12.1 Å². The topological polar surface area (TPSA) is 111 Å². The number of carbonyl (C=O) groups is 4. The van der Waals surface area contributed by atoms with Crippen LogP contribution in [-0.4, -0.2) is 61.2 Å². The number of esters is 1. The molecule has 30 heavy (non-hydrogen) atoms. The SMILES string of the molecule is C=CCOC(=O)CN(CCOC=O)C(=O)c1ccc(CNC(=O)OC(C)(C)C)cc1. The molecule has 0 heterocycles. The van der Waals surface area contributed by atoms with E-state index in [0.29, 0.717) is 5.56 Å². The second kappa shape index (κ2) is 12.3. The molecule has 1 N–H and O–H groups in total. The Morgan fingerprint density at radius 3 is 2.40 bits per heavy atom. The van der Waals surface area contributed by atoms with Crippen LogP contribution in [0.1, 0.15) is 36.7 Å². The number of nitrogens with one attached hydrogen (secondary N) is 1. The van der Waals surface area contributed by atoms with E-state index < -0.39 is 23.6 Å². The molecule has 0 atom stereocenters. The molecular formula is C21H28N2O7. The number of amides is 2. The van der Waals surface area contributed by atoms with Crippen molar-refractivity contribution in [3.05, 3.63) is 48.0 Å². The van der Waals surface area contributed by atoms with Gasteiger partial charge in [-0.05, 0) is 38.5 Å². The molecule has 9 nitrogen and oxygen atoms in total. The number of hydrogen-bond acceptors (Lipinski definition) is 7. The molecule has 0 radical (unpaired) electrons. The fraction of sp³-hybridized carbons (Fsp3) is 0.429. The summed E-state index contributed by atoms with van der Waals surface area (Å²) in [6.45, 7) is 8.98. The minimum atomic E-state index is -0.604. The van der Waals surface area contributed by atoms with E-state index in [1.807, 2.05) is 0 Å². The van der Waals surface area contributed by atoms with Crippen LogP contribution < -0.4 is 5.32 Å². The van der Waals surface area contributed by atoms with Crippen LogP contribution in [0.25, 0.3) is 0 Å². The van der Waals surface area contributed by atoms with Gasteiger partial charge in [-0.15, -0.1) is 0 Å². The standard InChI is InChI=1S/C21H28N2O7/c1-5-11-29-18(25)14-23(10-12-28-15-24)19(26)17-8-6-16(7-9-17)13-22-20(27)30-21(2,3)4/h5-9,15H,1,10-14H2,2-4H3,(H,22,27). The molecule has 1 rings (SSSR count). The van der Waals surface area contributed by atoms with Crippen LogP contribution in [-0.2, 0) is 30.3 Å². The van der Waals surface area contributed by atoms with Crippen LogP contribution in [0.2, 0.25) is 0 Å². The van der Waals surface area contributed by atoms with Crippen LogP contribution in [0.3, 0.4) is 0 Å². The highest BCUT2D eigenvalue weighted by molar-refractivity contribution is 5.96. The summed E-state index contributed by atoms with van der Waals surface area (Å²) in [5, 5.41) is 2.63. The quantitative estimate of drug-likeness (QED) is 0.192. The van der Waals surface area contributed by atoms with Crippen LogP contribution in [0.4, 0.5) is 4.79 Å². The molecule has 0 unspecified atom stereocenters. The second-order valence-electron chi connectivity index (χ2n) is 7.22. The van der Waals surface area contributed by atoms with Crippen molar-refractivity contribution in [1.29, 1.82) is 0 Å². The molecule has 0 aliphatic carbocycles. The number of hydrogen-bond donors (Lipinski definition) is 1. The van der Waals surface area contributed by atoms with Gasteiger partial charge in [-0.1, -0.05) is 24.8 Å². The van der Waals surface area contributed by atoms with Gasteiger partial charge in [0.2, 0.25) is 0 Å². The molecule has 2 amide bonds. The first kappa shape index (κ1) is 24.7. The van der Waals surface area contributed by atoms with Crippen molar-refractivity contribution in [3.63, 3.8) is 0 Å². The molecule has 9 heteroatoms. The number of carbonyl (C=O) groups excluding carboxylic acids is 4. The summed E-state index contributed by atoms with van der Waals surface area (Å²) in [5.41, 5.74) is 0.502. The van der Waals surface area contributed by atoms with E-state index in [1.54, 1.807) is 45.0 Å². The van der Waals surface area contributed by atoms with Gasteiger partial charge in [0.05, 0.1) is 6.54 Å². The predicted molar refractivity (Wildman–Crippen MR) is 109 cm³/mol. The minimum Gasteiger partial charge on any atom is -0.466 e. The van der Waals surface area contributed by atoms with Gasteiger partial charge in [0.25, 0.3) is 12.4 Å². The Hall–Kier alpha value is -3.36. The highest BCUT2D eigenvalue weighted by Crippen LogP contribution is 2.10. The Labute approximate surface area is 176 Å². The lowest BCUT2D eigenvalue weighted by molar-refractivity contribution is -0.143. The molecule has 0 spiro atoms. The third-order valence-corrected chi connectivity index (χ3v) is 3.55. The second-order valence-corrected chi connectivity index (χ2v) is 7.22.